The van der Waals surface area contributed by atoms with E-state index in [4.69, 9.17) is 14.2 Å². The van der Waals surface area contributed by atoms with Crippen LogP contribution in [0.1, 0.15) is 70.1 Å². The molecule has 0 bridgehead atoms. The predicted octanol–water partition coefficient (Wildman–Crippen LogP) is 5.13. The van der Waals surface area contributed by atoms with Crippen molar-refractivity contribution in [3.8, 4) is 0 Å². The number of carbonyl (C=O) groups is 2. The zero-order valence-electron chi connectivity index (χ0n) is 20.6. The number of methoxy groups -OCH3 is 1. The molecule has 0 spiro atoms. The molecule has 1 aliphatic carbocycles. The lowest BCUT2D eigenvalue weighted by atomic mass is 9.84. The first kappa shape index (κ1) is 23.8. The zero-order chi connectivity index (χ0) is 23.8. The Labute approximate surface area is 197 Å². The standard InChI is InChI=1S/C27H37NO5/c1-17(25(29)31-5)24(19-6-7-19)20-8-9-21-16-32-23(15-22(21)14-20)18-10-12-28(13-11-18)26(30)33-27(2,3)4/h8-9,14,18-19,23H,6-7,10-13,15-16H2,1-5H3/b24-17-. The van der Waals surface area contributed by atoms with Gasteiger partial charge in [-0.2, -0.15) is 0 Å². The van der Waals surface area contributed by atoms with Crippen LogP contribution in [-0.4, -0.2) is 48.9 Å². The van der Waals surface area contributed by atoms with Gasteiger partial charge in [-0.05, 0) is 93.9 Å². The number of hydrogen-bond acceptors (Lipinski definition) is 5. The van der Waals surface area contributed by atoms with E-state index >= 15 is 0 Å². The van der Waals surface area contributed by atoms with Gasteiger partial charge in [-0.15, -0.1) is 0 Å². The van der Waals surface area contributed by atoms with Gasteiger partial charge in [0.1, 0.15) is 5.60 Å². The fourth-order valence-corrected chi connectivity index (χ4v) is 5.07. The number of allylic oxidation sites excluding steroid dienone is 1. The second kappa shape index (κ2) is 9.49. The summed E-state index contributed by atoms with van der Waals surface area (Å²) in [6, 6.07) is 6.54. The van der Waals surface area contributed by atoms with E-state index in [1.807, 2.05) is 32.6 Å². The Kier molecular flexibility index (Phi) is 6.85. The largest absolute Gasteiger partial charge is 0.466 e. The molecule has 3 aliphatic rings. The Morgan fingerprint density at radius 3 is 2.36 bits per heavy atom. The Morgan fingerprint density at radius 2 is 1.76 bits per heavy atom. The van der Waals surface area contributed by atoms with Crippen LogP contribution in [0.25, 0.3) is 5.57 Å². The zero-order valence-corrected chi connectivity index (χ0v) is 20.6. The van der Waals surface area contributed by atoms with Crippen LogP contribution in [-0.2, 0) is 32.0 Å². The Hall–Kier alpha value is -2.34. The van der Waals surface area contributed by atoms with Gasteiger partial charge >= 0.3 is 12.1 Å². The average Bonchev–Trinajstić information content (AvgIpc) is 3.62. The van der Waals surface area contributed by atoms with E-state index in [0.29, 0.717) is 31.5 Å². The first-order chi connectivity index (χ1) is 15.7. The normalized spacial score (nSPS) is 22.3. The Balaban J connectivity index is 1.44. The number of carbonyl (C=O) groups excluding carboxylic acids is 2. The number of rotatable bonds is 4. The summed E-state index contributed by atoms with van der Waals surface area (Å²) in [7, 11) is 1.44. The second-order valence-corrected chi connectivity index (χ2v) is 10.6. The topological polar surface area (TPSA) is 65.1 Å². The number of hydrogen-bond donors (Lipinski definition) is 0. The predicted molar refractivity (Wildman–Crippen MR) is 127 cm³/mol. The number of ether oxygens (including phenoxy) is 3. The minimum absolute atomic E-state index is 0.156. The highest BCUT2D eigenvalue weighted by atomic mass is 16.6. The van der Waals surface area contributed by atoms with Crippen LogP contribution in [0.4, 0.5) is 4.79 Å². The highest BCUT2D eigenvalue weighted by molar-refractivity contribution is 5.98. The maximum absolute atomic E-state index is 12.4. The third-order valence-corrected chi connectivity index (χ3v) is 6.99. The van der Waals surface area contributed by atoms with E-state index in [1.54, 1.807) is 0 Å². The Bertz CT molecular complexity index is 932. The number of esters is 1. The van der Waals surface area contributed by atoms with Crippen molar-refractivity contribution in [1.82, 2.24) is 4.90 Å². The molecular weight excluding hydrogens is 418 g/mol. The molecule has 1 amide bonds. The van der Waals surface area contributed by atoms with Crippen molar-refractivity contribution in [1.29, 1.82) is 0 Å². The number of benzene rings is 1. The number of nitrogens with zero attached hydrogens (tertiary/aromatic N) is 1. The summed E-state index contributed by atoms with van der Waals surface area (Å²) in [5.74, 6) is 0.637. The molecule has 4 rings (SSSR count). The molecule has 0 N–H and O–H groups in total. The SMILES string of the molecule is COC(=O)/C(C)=C(\c1ccc2c(c1)CC(C1CCN(C(=O)OC(C)(C)C)CC1)OC2)C1CC1. The number of fused-ring (bicyclic) bond motifs is 1. The third-order valence-electron chi connectivity index (χ3n) is 6.99. The van der Waals surface area contributed by atoms with Gasteiger partial charge in [-0.3, -0.25) is 0 Å². The van der Waals surface area contributed by atoms with E-state index in [-0.39, 0.29) is 18.2 Å². The van der Waals surface area contributed by atoms with Gasteiger partial charge in [-0.1, -0.05) is 18.2 Å². The van der Waals surface area contributed by atoms with Gasteiger partial charge in [0.2, 0.25) is 0 Å². The highest BCUT2D eigenvalue weighted by Crippen LogP contribution is 2.44. The Morgan fingerprint density at radius 1 is 1.06 bits per heavy atom. The van der Waals surface area contributed by atoms with Crippen molar-refractivity contribution in [2.75, 3.05) is 20.2 Å². The van der Waals surface area contributed by atoms with Crippen LogP contribution >= 0.6 is 0 Å². The van der Waals surface area contributed by atoms with Crippen LogP contribution in [0.3, 0.4) is 0 Å². The summed E-state index contributed by atoms with van der Waals surface area (Å²) < 4.78 is 16.8. The lowest BCUT2D eigenvalue weighted by molar-refractivity contribution is -0.136. The molecule has 1 saturated heterocycles. The van der Waals surface area contributed by atoms with Crippen molar-refractivity contribution in [3.63, 3.8) is 0 Å². The maximum atomic E-state index is 12.4. The molecule has 1 unspecified atom stereocenters. The number of likely N-dealkylation sites (tertiary alicyclic amines) is 1. The molecule has 2 fully saturated rings. The first-order valence-electron chi connectivity index (χ1n) is 12.2. The monoisotopic (exact) mass is 455 g/mol. The number of piperidine rings is 1. The molecule has 6 nitrogen and oxygen atoms in total. The molecule has 2 heterocycles. The van der Waals surface area contributed by atoms with Gasteiger partial charge in [0.25, 0.3) is 0 Å². The first-order valence-corrected chi connectivity index (χ1v) is 12.2. The number of amides is 1. The van der Waals surface area contributed by atoms with Gasteiger partial charge in [0.15, 0.2) is 0 Å². The lowest BCUT2D eigenvalue weighted by Crippen LogP contribution is -2.44. The summed E-state index contributed by atoms with van der Waals surface area (Å²) in [5, 5.41) is 0. The summed E-state index contributed by atoms with van der Waals surface area (Å²) in [4.78, 5) is 26.4. The molecule has 1 aromatic rings. The molecule has 1 saturated carbocycles. The van der Waals surface area contributed by atoms with Gasteiger partial charge in [-0.25, -0.2) is 9.59 Å². The van der Waals surface area contributed by atoms with Crippen molar-refractivity contribution in [2.24, 2.45) is 11.8 Å². The van der Waals surface area contributed by atoms with Crippen molar-refractivity contribution >= 4 is 17.6 Å². The van der Waals surface area contributed by atoms with Crippen LogP contribution in [0, 0.1) is 11.8 Å². The van der Waals surface area contributed by atoms with Crippen LogP contribution < -0.4 is 0 Å². The van der Waals surface area contributed by atoms with E-state index in [0.717, 1.165) is 48.8 Å². The minimum atomic E-state index is -0.470. The van der Waals surface area contributed by atoms with E-state index in [9.17, 15) is 9.59 Å². The van der Waals surface area contributed by atoms with Crippen molar-refractivity contribution in [3.05, 3.63) is 40.5 Å². The summed E-state index contributed by atoms with van der Waals surface area (Å²) >= 11 is 0. The molecule has 2 aliphatic heterocycles. The fraction of sp³-hybridized carbons (Fsp3) is 0.630. The maximum Gasteiger partial charge on any atom is 0.410 e. The fourth-order valence-electron chi connectivity index (χ4n) is 5.07. The van der Waals surface area contributed by atoms with Crippen LogP contribution in [0.15, 0.2) is 23.8 Å². The van der Waals surface area contributed by atoms with E-state index in [1.165, 1.54) is 18.2 Å². The lowest BCUT2D eigenvalue weighted by Gasteiger charge is -2.38. The molecule has 6 heteroatoms. The van der Waals surface area contributed by atoms with Gasteiger partial charge < -0.3 is 19.1 Å². The van der Waals surface area contributed by atoms with Crippen molar-refractivity contribution in [2.45, 2.75) is 78.1 Å². The highest BCUT2D eigenvalue weighted by Gasteiger charge is 2.34. The summed E-state index contributed by atoms with van der Waals surface area (Å²) in [5.41, 5.74) is 5.07. The van der Waals surface area contributed by atoms with Crippen LogP contribution in [0.2, 0.25) is 0 Å². The summed E-state index contributed by atoms with van der Waals surface area (Å²) in [6.07, 6.45) is 4.91. The quantitative estimate of drug-likeness (QED) is 0.465. The van der Waals surface area contributed by atoms with Crippen LogP contribution in [0.5, 0.6) is 0 Å². The minimum Gasteiger partial charge on any atom is -0.466 e. The average molecular weight is 456 g/mol. The second-order valence-electron chi connectivity index (χ2n) is 10.6. The third kappa shape index (κ3) is 5.60. The molecule has 0 aromatic heterocycles. The molecule has 1 atom stereocenters. The molecular formula is C27H37NO5. The smallest absolute Gasteiger partial charge is 0.410 e. The molecule has 180 valence electrons. The van der Waals surface area contributed by atoms with Gasteiger partial charge in [0.05, 0.1) is 19.8 Å². The molecule has 33 heavy (non-hydrogen) atoms. The van der Waals surface area contributed by atoms with Crippen molar-refractivity contribution < 1.29 is 23.8 Å². The van der Waals surface area contributed by atoms with Gasteiger partial charge in [0, 0.05) is 18.7 Å². The summed E-state index contributed by atoms with van der Waals surface area (Å²) in [6.45, 7) is 9.61. The molecule has 1 aromatic carbocycles. The van der Waals surface area contributed by atoms with E-state index in [2.05, 4.69) is 18.2 Å². The molecule has 0 radical (unpaired) electrons. The van der Waals surface area contributed by atoms with E-state index < -0.39 is 5.60 Å².